The van der Waals surface area contributed by atoms with Crippen LogP contribution < -0.4 is 5.73 Å². The van der Waals surface area contributed by atoms with Gasteiger partial charge in [0.05, 0.1) is 12.7 Å². The Bertz CT molecular complexity index is 439. The van der Waals surface area contributed by atoms with Crippen molar-refractivity contribution >= 4 is 22.6 Å². The molecule has 0 amide bonds. The highest BCUT2D eigenvalue weighted by atomic mass is 127. The third-order valence-electron chi connectivity index (χ3n) is 1.87. The van der Waals surface area contributed by atoms with Crippen LogP contribution in [0.2, 0.25) is 0 Å². The minimum atomic E-state index is 0.337. The molecule has 0 aliphatic heterocycles. The van der Waals surface area contributed by atoms with Gasteiger partial charge in [-0.05, 0) is 28.7 Å². The molecule has 2 aromatic rings. The van der Waals surface area contributed by atoms with Gasteiger partial charge in [-0.2, -0.15) is 0 Å². The molecule has 0 radical (unpaired) electrons. The second-order valence-electron chi connectivity index (χ2n) is 2.80. The SMILES string of the molecule is NCc1ncc(-c2ccccc2I)o1. The van der Waals surface area contributed by atoms with Crippen molar-refractivity contribution in [1.29, 1.82) is 0 Å². The summed E-state index contributed by atoms with van der Waals surface area (Å²) in [5.74, 6) is 1.34. The van der Waals surface area contributed by atoms with Crippen molar-refractivity contribution < 1.29 is 4.42 Å². The lowest BCUT2D eigenvalue weighted by Gasteiger charge is -1.98. The van der Waals surface area contributed by atoms with E-state index in [1.807, 2.05) is 24.3 Å². The topological polar surface area (TPSA) is 52.0 Å². The molecule has 14 heavy (non-hydrogen) atoms. The quantitative estimate of drug-likeness (QED) is 0.867. The van der Waals surface area contributed by atoms with Crippen LogP contribution in [0.3, 0.4) is 0 Å². The third-order valence-corrected chi connectivity index (χ3v) is 2.81. The Hall–Kier alpha value is -0.880. The second kappa shape index (κ2) is 4.10. The van der Waals surface area contributed by atoms with E-state index in [1.54, 1.807) is 6.20 Å². The number of aromatic nitrogens is 1. The molecule has 1 heterocycles. The largest absolute Gasteiger partial charge is 0.439 e. The molecule has 1 aromatic carbocycles. The standard InChI is InChI=1S/C10H9IN2O/c11-8-4-2-1-3-7(8)9-6-13-10(5-12)14-9/h1-4,6H,5,12H2. The van der Waals surface area contributed by atoms with E-state index in [0.29, 0.717) is 12.4 Å². The molecule has 2 rings (SSSR count). The van der Waals surface area contributed by atoms with Gasteiger partial charge in [0, 0.05) is 9.13 Å². The zero-order valence-electron chi connectivity index (χ0n) is 7.40. The predicted molar refractivity (Wildman–Crippen MR) is 62.5 cm³/mol. The Labute approximate surface area is 95.5 Å². The summed E-state index contributed by atoms with van der Waals surface area (Å²) in [6.45, 7) is 0.337. The van der Waals surface area contributed by atoms with E-state index in [-0.39, 0.29) is 0 Å². The Morgan fingerprint density at radius 2 is 2.14 bits per heavy atom. The van der Waals surface area contributed by atoms with Crippen LogP contribution >= 0.6 is 22.6 Å². The summed E-state index contributed by atoms with van der Waals surface area (Å²) >= 11 is 2.27. The molecule has 0 unspecified atom stereocenters. The lowest BCUT2D eigenvalue weighted by Crippen LogP contribution is -1.94. The van der Waals surface area contributed by atoms with Gasteiger partial charge in [-0.1, -0.05) is 18.2 Å². The second-order valence-corrected chi connectivity index (χ2v) is 3.96. The van der Waals surface area contributed by atoms with Crippen LogP contribution in [-0.2, 0) is 6.54 Å². The molecule has 0 spiro atoms. The van der Waals surface area contributed by atoms with Crippen LogP contribution in [-0.4, -0.2) is 4.98 Å². The van der Waals surface area contributed by atoms with Crippen LogP contribution in [0.4, 0.5) is 0 Å². The molecular weight excluding hydrogens is 291 g/mol. The van der Waals surface area contributed by atoms with Crippen molar-refractivity contribution in [3.63, 3.8) is 0 Å². The molecule has 72 valence electrons. The predicted octanol–water partition coefficient (Wildman–Crippen LogP) is 2.40. The Balaban J connectivity index is 2.44. The highest BCUT2D eigenvalue weighted by molar-refractivity contribution is 14.1. The molecule has 3 nitrogen and oxygen atoms in total. The van der Waals surface area contributed by atoms with Gasteiger partial charge in [-0.25, -0.2) is 4.98 Å². The van der Waals surface area contributed by atoms with Crippen molar-refractivity contribution in [3.8, 4) is 11.3 Å². The molecule has 0 saturated carbocycles. The first kappa shape index (κ1) is 9.67. The van der Waals surface area contributed by atoms with Crippen LogP contribution in [0.1, 0.15) is 5.89 Å². The van der Waals surface area contributed by atoms with E-state index in [4.69, 9.17) is 10.2 Å². The molecule has 0 bridgehead atoms. The Morgan fingerprint density at radius 3 is 2.79 bits per heavy atom. The third kappa shape index (κ3) is 1.80. The van der Waals surface area contributed by atoms with Gasteiger partial charge < -0.3 is 10.2 Å². The van der Waals surface area contributed by atoms with Gasteiger partial charge in [-0.15, -0.1) is 0 Å². The molecule has 1 aromatic heterocycles. The molecule has 0 saturated heterocycles. The first-order valence-corrected chi connectivity index (χ1v) is 5.29. The molecule has 0 aliphatic carbocycles. The van der Waals surface area contributed by atoms with E-state index in [9.17, 15) is 0 Å². The number of nitrogens with two attached hydrogens (primary N) is 1. The van der Waals surface area contributed by atoms with Crippen LogP contribution in [0.5, 0.6) is 0 Å². The molecule has 2 N–H and O–H groups in total. The van der Waals surface area contributed by atoms with Crippen molar-refractivity contribution in [2.45, 2.75) is 6.54 Å². The smallest absolute Gasteiger partial charge is 0.208 e. The number of hydrogen-bond acceptors (Lipinski definition) is 3. The summed E-state index contributed by atoms with van der Waals surface area (Å²) in [6.07, 6.45) is 1.71. The summed E-state index contributed by atoms with van der Waals surface area (Å²) in [6, 6.07) is 8.00. The summed E-state index contributed by atoms with van der Waals surface area (Å²) in [4.78, 5) is 4.06. The number of hydrogen-bond donors (Lipinski definition) is 1. The number of benzene rings is 1. The number of halogens is 1. The van der Waals surface area contributed by atoms with Crippen LogP contribution in [0, 0.1) is 3.57 Å². The Morgan fingerprint density at radius 1 is 1.36 bits per heavy atom. The maximum Gasteiger partial charge on any atom is 0.208 e. The monoisotopic (exact) mass is 300 g/mol. The van der Waals surface area contributed by atoms with Gasteiger partial charge in [0.25, 0.3) is 0 Å². The van der Waals surface area contributed by atoms with Gasteiger partial charge in [0.2, 0.25) is 5.89 Å². The van der Waals surface area contributed by atoms with Gasteiger partial charge in [0.15, 0.2) is 5.76 Å². The summed E-state index contributed by atoms with van der Waals surface area (Å²) in [5, 5.41) is 0. The molecule has 0 atom stereocenters. The molecule has 0 fully saturated rings. The van der Waals surface area contributed by atoms with Crippen molar-refractivity contribution in [2.75, 3.05) is 0 Å². The minimum Gasteiger partial charge on any atom is -0.439 e. The van der Waals surface area contributed by atoms with Crippen molar-refractivity contribution in [3.05, 3.63) is 39.9 Å². The van der Waals surface area contributed by atoms with Crippen LogP contribution in [0.15, 0.2) is 34.9 Å². The zero-order chi connectivity index (χ0) is 9.97. The van der Waals surface area contributed by atoms with E-state index >= 15 is 0 Å². The number of oxazole rings is 1. The van der Waals surface area contributed by atoms with E-state index in [2.05, 4.69) is 27.6 Å². The minimum absolute atomic E-state index is 0.337. The summed E-state index contributed by atoms with van der Waals surface area (Å²) in [7, 11) is 0. The number of nitrogens with zero attached hydrogens (tertiary/aromatic N) is 1. The maximum atomic E-state index is 5.46. The average molecular weight is 300 g/mol. The fourth-order valence-electron chi connectivity index (χ4n) is 1.19. The normalized spacial score (nSPS) is 10.4. The lowest BCUT2D eigenvalue weighted by molar-refractivity contribution is 0.509. The fourth-order valence-corrected chi connectivity index (χ4v) is 1.84. The first-order valence-electron chi connectivity index (χ1n) is 4.21. The Kier molecular flexibility index (Phi) is 2.83. The van der Waals surface area contributed by atoms with Crippen molar-refractivity contribution in [2.24, 2.45) is 5.73 Å². The number of rotatable bonds is 2. The van der Waals surface area contributed by atoms with E-state index in [1.165, 1.54) is 0 Å². The average Bonchev–Trinajstić information content (AvgIpc) is 2.67. The van der Waals surface area contributed by atoms with E-state index < -0.39 is 0 Å². The van der Waals surface area contributed by atoms with Crippen LogP contribution in [0.25, 0.3) is 11.3 Å². The summed E-state index contributed by atoms with van der Waals surface area (Å²) < 4.78 is 6.60. The lowest BCUT2D eigenvalue weighted by atomic mass is 10.2. The van der Waals surface area contributed by atoms with Gasteiger partial charge in [0.1, 0.15) is 0 Å². The first-order chi connectivity index (χ1) is 6.81. The van der Waals surface area contributed by atoms with Gasteiger partial charge in [-0.3, -0.25) is 0 Å². The molecule has 4 heteroatoms. The van der Waals surface area contributed by atoms with E-state index in [0.717, 1.165) is 14.9 Å². The highest BCUT2D eigenvalue weighted by Crippen LogP contribution is 2.25. The fraction of sp³-hybridized carbons (Fsp3) is 0.100. The zero-order valence-corrected chi connectivity index (χ0v) is 9.56. The highest BCUT2D eigenvalue weighted by Gasteiger charge is 2.07. The van der Waals surface area contributed by atoms with Crippen molar-refractivity contribution in [1.82, 2.24) is 4.98 Å². The molecule has 0 aliphatic rings. The molecular formula is C10H9IN2O. The van der Waals surface area contributed by atoms with Gasteiger partial charge >= 0.3 is 0 Å². The summed E-state index contributed by atoms with van der Waals surface area (Å²) in [5.41, 5.74) is 6.48. The maximum absolute atomic E-state index is 5.46.